The Balaban J connectivity index is 1.72. The van der Waals surface area contributed by atoms with Crippen LogP contribution < -0.4 is 10.0 Å². The van der Waals surface area contributed by atoms with Crippen molar-refractivity contribution in [3.8, 4) is 0 Å². The monoisotopic (exact) mass is 376 g/mol. The van der Waals surface area contributed by atoms with Gasteiger partial charge in [-0.25, -0.2) is 13.6 Å². The number of amides is 1. The Hall–Kier alpha value is -1.83. The van der Waals surface area contributed by atoms with Crippen LogP contribution in [0.2, 0.25) is 0 Å². The molecule has 0 aromatic heterocycles. The van der Waals surface area contributed by atoms with Gasteiger partial charge in [-0.2, -0.15) is 0 Å². The van der Waals surface area contributed by atoms with Crippen molar-refractivity contribution in [2.75, 3.05) is 17.2 Å². The van der Waals surface area contributed by atoms with Crippen molar-refractivity contribution < 1.29 is 13.2 Å². The van der Waals surface area contributed by atoms with E-state index in [2.05, 4.69) is 26.0 Å². The number of anilines is 1. The second kappa shape index (κ2) is 6.82. The first-order valence-corrected chi connectivity index (χ1v) is 10.4. The number of nitrogens with zero attached hydrogens (tertiary/aromatic N) is 1. The van der Waals surface area contributed by atoms with Crippen LogP contribution in [0.3, 0.4) is 0 Å². The summed E-state index contributed by atoms with van der Waals surface area (Å²) < 4.78 is 22.9. The van der Waals surface area contributed by atoms with E-state index in [-0.39, 0.29) is 10.8 Å². The van der Waals surface area contributed by atoms with Crippen LogP contribution in [-0.4, -0.2) is 26.6 Å². The Labute approximate surface area is 152 Å². The van der Waals surface area contributed by atoms with Crippen LogP contribution >= 0.6 is 11.8 Å². The van der Waals surface area contributed by atoms with Gasteiger partial charge in [0.05, 0.1) is 10.6 Å². The number of nitrogens with two attached hydrogens (primary N) is 1. The Morgan fingerprint density at radius 3 is 2.60 bits per heavy atom. The average molecular weight is 377 g/mol. The zero-order chi connectivity index (χ0) is 18.2. The summed E-state index contributed by atoms with van der Waals surface area (Å²) in [6.45, 7) is 4.68. The molecule has 0 saturated heterocycles. The summed E-state index contributed by atoms with van der Waals surface area (Å²) in [4.78, 5) is 15.5. The van der Waals surface area contributed by atoms with E-state index in [1.807, 2.05) is 6.07 Å². The highest BCUT2D eigenvalue weighted by molar-refractivity contribution is 8.00. The van der Waals surface area contributed by atoms with E-state index in [0.29, 0.717) is 18.7 Å². The first kappa shape index (κ1) is 18.0. The number of aryl methyl sites for hydroxylation is 2. The summed E-state index contributed by atoms with van der Waals surface area (Å²) in [6, 6.07) is 10.9. The number of thioether (sulfide) groups is 1. The molecule has 0 fully saturated rings. The molecule has 2 N–H and O–H groups in total. The summed E-state index contributed by atoms with van der Waals surface area (Å²) in [6.07, 6.45) is 0.638. The minimum atomic E-state index is -3.72. The molecule has 0 atom stereocenters. The van der Waals surface area contributed by atoms with Gasteiger partial charge in [0.2, 0.25) is 15.9 Å². The molecule has 132 valence electrons. The van der Waals surface area contributed by atoms with Gasteiger partial charge >= 0.3 is 0 Å². The number of hydrogen-bond acceptors (Lipinski definition) is 4. The molecule has 0 radical (unpaired) electrons. The molecule has 2 aromatic rings. The van der Waals surface area contributed by atoms with Gasteiger partial charge in [0.25, 0.3) is 0 Å². The molecule has 2 aromatic carbocycles. The molecule has 1 aliphatic rings. The summed E-state index contributed by atoms with van der Waals surface area (Å²) in [5, 5.41) is 5.17. The molecule has 5 nitrogen and oxygen atoms in total. The lowest BCUT2D eigenvalue weighted by atomic mass is 10.1. The lowest BCUT2D eigenvalue weighted by Gasteiger charge is -2.17. The van der Waals surface area contributed by atoms with Crippen LogP contribution in [0.25, 0.3) is 0 Å². The van der Waals surface area contributed by atoms with Crippen molar-refractivity contribution in [1.82, 2.24) is 0 Å². The molecule has 1 heterocycles. The van der Waals surface area contributed by atoms with Crippen molar-refractivity contribution in [2.45, 2.75) is 30.1 Å². The van der Waals surface area contributed by atoms with Crippen molar-refractivity contribution >= 4 is 33.4 Å². The summed E-state index contributed by atoms with van der Waals surface area (Å²) in [7, 11) is -3.72. The minimum Gasteiger partial charge on any atom is -0.311 e. The Bertz CT molecular complexity index is 939. The minimum absolute atomic E-state index is 0.0188. The van der Waals surface area contributed by atoms with Crippen LogP contribution in [0, 0.1) is 13.8 Å². The maximum absolute atomic E-state index is 12.6. The zero-order valence-corrected chi connectivity index (χ0v) is 15.8. The highest BCUT2D eigenvalue weighted by Gasteiger charge is 2.25. The normalized spacial score (nSPS) is 13.8. The summed E-state index contributed by atoms with van der Waals surface area (Å²) in [5.41, 5.74) is 4.06. The second-order valence-corrected chi connectivity index (χ2v) is 8.78. The van der Waals surface area contributed by atoms with Crippen molar-refractivity contribution in [3.63, 3.8) is 0 Å². The van der Waals surface area contributed by atoms with Crippen LogP contribution in [0.15, 0.2) is 46.2 Å². The lowest BCUT2D eigenvalue weighted by molar-refractivity contribution is -0.116. The van der Waals surface area contributed by atoms with E-state index >= 15 is 0 Å². The van der Waals surface area contributed by atoms with Crippen molar-refractivity contribution in [2.24, 2.45) is 5.14 Å². The molecule has 0 aliphatic carbocycles. The maximum atomic E-state index is 12.6. The fourth-order valence-electron chi connectivity index (χ4n) is 2.84. The molecule has 0 saturated carbocycles. The van der Waals surface area contributed by atoms with Gasteiger partial charge in [-0.05, 0) is 67.3 Å². The van der Waals surface area contributed by atoms with Gasteiger partial charge in [-0.1, -0.05) is 6.07 Å². The maximum Gasteiger partial charge on any atom is 0.238 e. The SMILES string of the molecule is Cc1ccc(SCC(=O)N2CCc3cc(S(N)(=O)=O)ccc32)cc1C. The number of primary sulfonamides is 1. The Morgan fingerprint density at radius 2 is 1.92 bits per heavy atom. The second-order valence-electron chi connectivity index (χ2n) is 6.17. The largest absolute Gasteiger partial charge is 0.311 e. The van der Waals surface area contributed by atoms with E-state index in [0.717, 1.165) is 16.1 Å². The van der Waals surface area contributed by atoms with Gasteiger partial charge in [0, 0.05) is 17.1 Å². The van der Waals surface area contributed by atoms with E-state index in [9.17, 15) is 13.2 Å². The summed E-state index contributed by atoms with van der Waals surface area (Å²) in [5.74, 6) is 0.365. The predicted molar refractivity (Wildman–Crippen MR) is 101 cm³/mol. The third kappa shape index (κ3) is 3.89. The Kier molecular flexibility index (Phi) is 4.90. The molecular formula is C18H20N2O3S2. The lowest BCUT2D eigenvalue weighted by Crippen LogP contribution is -2.30. The molecule has 0 bridgehead atoms. The van der Waals surface area contributed by atoms with E-state index < -0.39 is 10.0 Å². The van der Waals surface area contributed by atoms with Crippen LogP contribution in [0.5, 0.6) is 0 Å². The standard InChI is InChI=1S/C18H20N2O3S2/c1-12-3-4-15(9-13(12)2)24-11-18(21)20-8-7-14-10-16(25(19,22)23)5-6-17(14)20/h3-6,9-10H,7-8,11H2,1-2H3,(H2,19,22,23). The van der Waals surface area contributed by atoms with E-state index in [1.54, 1.807) is 17.0 Å². The van der Waals surface area contributed by atoms with Crippen molar-refractivity contribution in [1.29, 1.82) is 0 Å². The fourth-order valence-corrected chi connectivity index (χ4v) is 4.28. The van der Waals surface area contributed by atoms with Gasteiger partial charge in [0.1, 0.15) is 0 Å². The molecule has 0 spiro atoms. The average Bonchev–Trinajstić information content (AvgIpc) is 2.98. The van der Waals surface area contributed by atoms with Crippen LogP contribution in [0.4, 0.5) is 5.69 Å². The van der Waals surface area contributed by atoms with Gasteiger partial charge < -0.3 is 4.90 Å². The fraction of sp³-hybridized carbons (Fsp3) is 0.278. The molecule has 1 amide bonds. The smallest absolute Gasteiger partial charge is 0.238 e. The number of sulfonamides is 1. The number of hydrogen-bond donors (Lipinski definition) is 1. The third-order valence-corrected chi connectivity index (χ3v) is 6.31. The molecule has 7 heteroatoms. The van der Waals surface area contributed by atoms with Crippen LogP contribution in [-0.2, 0) is 21.2 Å². The van der Waals surface area contributed by atoms with Gasteiger partial charge in [0.15, 0.2) is 0 Å². The summed E-state index contributed by atoms with van der Waals surface area (Å²) >= 11 is 1.51. The number of fused-ring (bicyclic) bond motifs is 1. The van der Waals surface area contributed by atoms with Crippen molar-refractivity contribution in [3.05, 3.63) is 53.1 Å². The van der Waals surface area contributed by atoms with Crippen LogP contribution in [0.1, 0.15) is 16.7 Å². The van der Waals surface area contributed by atoms with Gasteiger partial charge in [-0.3, -0.25) is 4.79 Å². The third-order valence-electron chi connectivity index (χ3n) is 4.42. The topological polar surface area (TPSA) is 80.5 Å². The highest BCUT2D eigenvalue weighted by atomic mass is 32.2. The highest BCUT2D eigenvalue weighted by Crippen LogP contribution is 2.31. The number of benzene rings is 2. The Morgan fingerprint density at radius 1 is 1.16 bits per heavy atom. The predicted octanol–water partition coefficient (Wildman–Crippen LogP) is 2.63. The number of rotatable bonds is 4. The zero-order valence-electron chi connectivity index (χ0n) is 14.2. The number of carbonyl (C=O) groups is 1. The van der Waals surface area contributed by atoms with E-state index in [1.165, 1.54) is 29.0 Å². The molecule has 1 aliphatic heterocycles. The van der Waals surface area contributed by atoms with Gasteiger partial charge in [-0.15, -0.1) is 11.8 Å². The quantitative estimate of drug-likeness (QED) is 0.832. The number of carbonyl (C=O) groups excluding carboxylic acids is 1. The molecular weight excluding hydrogens is 356 g/mol. The first-order valence-electron chi connectivity index (χ1n) is 7.92. The molecule has 0 unspecified atom stereocenters. The van der Waals surface area contributed by atoms with E-state index in [4.69, 9.17) is 5.14 Å². The molecule has 3 rings (SSSR count). The first-order chi connectivity index (χ1) is 11.8. The molecule has 25 heavy (non-hydrogen) atoms.